The van der Waals surface area contributed by atoms with E-state index in [-0.39, 0.29) is 5.78 Å². The molecule has 4 rings (SSSR count). The summed E-state index contributed by atoms with van der Waals surface area (Å²) < 4.78 is 0.747. The fourth-order valence-electron chi connectivity index (χ4n) is 4.05. The number of anilines is 1. The highest BCUT2D eigenvalue weighted by atomic mass is 79.9. The second kappa shape index (κ2) is 8.17. The van der Waals surface area contributed by atoms with Crippen LogP contribution in [0.5, 0.6) is 0 Å². The third kappa shape index (κ3) is 3.48. The van der Waals surface area contributed by atoms with Crippen LogP contribution in [-0.2, 0) is 16.8 Å². The SMILES string of the molecule is C[C@@H](C(=O)c1ccccc1)[C@]1(O)C(=O)N(CCc2ccccc2)c2ccc(Br)cc21. The number of carbonyl (C=O) groups is 2. The van der Waals surface area contributed by atoms with E-state index in [2.05, 4.69) is 15.9 Å². The second-order valence-electron chi connectivity index (χ2n) is 7.57. The zero-order chi connectivity index (χ0) is 21.3. The van der Waals surface area contributed by atoms with Gasteiger partial charge >= 0.3 is 0 Å². The highest BCUT2D eigenvalue weighted by Gasteiger charge is 2.55. The number of carbonyl (C=O) groups excluding carboxylic acids is 2. The molecule has 30 heavy (non-hydrogen) atoms. The summed E-state index contributed by atoms with van der Waals surface area (Å²) in [4.78, 5) is 28.2. The van der Waals surface area contributed by atoms with Gasteiger partial charge in [-0.2, -0.15) is 0 Å². The molecule has 3 aromatic carbocycles. The van der Waals surface area contributed by atoms with Crippen molar-refractivity contribution in [2.75, 3.05) is 11.4 Å². The number of nitrogens with zero attached hydrogens (tertiary/aromatic N) is 1. The van der Waals surface area contributed by atoms with Gasteiger partial charge in [-0.1, -0.05) is 83.5 Å². The Hall–Kier alpha value is -2.76. The highest BCUT2D eigenvalue weighted by molar-refractivity contribution is 9.10. The van der Waals surface area contributed by atoms with E-state index < -0.39 is 17.4 Å². The maximum absolute atomic E-state index is 13.5. The number of benzene rings is 3. The minimum atomic E-state index is -1.91. The van der Waals surface area contributed by atoms with Gasteiger partial charge in [0, 0.05) is 22.1 Å². The summed E-state index contributed by atoms with van der Waals surface area (Å²) in [6.45, 7) is 2.05. The van der Waals surface area contributed by atoms with E-state index in [1.807, 2.05) is 48.5 Å². The predicted molar refractivity (Wildman–Crippen MR) is 120 cm³/mol. The standard InChI is InChI=1S/C25H22BrNO3/c1-17(23(28)19-10-6-3-7-11-19)25(30)21-16-20(26)12-13-22(21)27(24(25)29)15-14-18-8-4-2-5-9-18/h2-13,16-17,30H,14-15H2,1H3/t17-,25+/m0/s1. The normalized spacial score (nSPS) is 18.9. The first-order valence-electron chi connectivity index (χ1n) is 9.90. The molecule has 1 heterocycles. The van der Waals surface area contributed by atoms with E-state index in [1.54, 1.807) is 42.2 Å². The first kappa shape index (κ1) is 20.5. The first-order chi connectivity index (χ1) is 14.4. The van der Waals surface area contributed by atoms with Crippen molar-refractivity contribution in [1.82, 2.24) is 0 Å². The van der Waals surface area contributed by atoms with Crippen LogP contribution in [0.1, 0.15) is 28.4 Å². The molecule has 3 aromatic rings. The summed E-state index contributed by atoms with van der Waals surface area (Å²) >= 11 is 3.44. The van der Waals surface area contributed by atoms with Crippen molar-refractivity contribution in [2.24, 2.45) is 5.92 Å². The lowest BCUT2D eigenvalue weighted by atomic mass is 9.79. The minimum absolute atomic E-state index is 0.262. The van der Waals surface area contributed by atoms with Crippen LogP contribution in [0.3, 0.4) is 0 Å². The van der Waals surface area contributed by atoms with Crippen LogP contribution < -0.4 is 4.90 Å². The molecular weight excluding hydrogens is 442 g/mol. The Balaban J connectivity index is 1.70. The van der Waals surface area contributed by atoms with Gasteiger partial charge in [-0.3, -0.25) is 9.59 Å². The number of amides is 1. The number of aliphatic hydroxyl groups is 1. The van der Waals surface area contributed by atoms with Crippen molar-refractivity contribution in [3.63, 3.8) is 0 Å². The maximum Gasteiger partial charge on any atom is 0.264 e. The van der Waals surface area contributed by atoms with Gasteiger partial charge in [0.05, 0.1) is 11.6 Å². The second-order valence-corrected chi connectivity index (χ2v) is 8.49. The fourth-order valence-corrected chi connectivity index (χ4v) is 4.41. The van der Waals surface area contributed by atoms with Crippen LogP contribution in [0, 0.1) is 5.92 Å². The Morgan fingerprint density at radius 3 is 2.33 bits per heavy atom. The molecule has 5 heteroatoms. The molecule has 4 nitrogen and oxygen atoms in total. The molecule has 1 amide bonds. The number of hydrogen-bond acceptors (Lipinski definition) is 3. The van der Waals surface area contributed by atoms with Gasteiger partial charge in [-0.15, -0.1) is 0 Å². The molecule has 0 radical (unpaired) electrons. The van der Waals surface area contributed by atoms with Crippen LogP contribution >= 0.6 is 15.9 Å². The third-order valence-corrected chi connectivity index (χ3v) is 6.27. The minimum Gasteiger partial charge on any atom is -0.375 e. The van der Waals surface area contributed by atoms with Crippen molar-refractivity contribution in [3.8, 4) is 0 Å². The highest BCUT2D eigenvalue weighted by Crippen LogP contribution is 2.46. The molecule has 0 bridgehead atoms. The molecule has 0 spiro atoms. The molecule has 1 aliphatic heterocycles. The molecule has 1 aliphatic rings. The lowest BCUT2D eigenvalue weighted by molar-refractivity contribution is -0.139. The Bertz CT molecular complexity index is 1080. The average Bonchev–Trinajstić information content (AvgIpc) is 2.99. The molecule has 2 atom stereocenters. The largest absolute Gasteiger partial charge is 0.375 e. The van der Waals surface area contributed by atoms with Crippen molar-refractivity contribution in [1.29, 1.82) is 0 Å². The first-order valence-corrected chi connectivity index (χ1v) is 10.7. The number of fused-ring (bicyclic) bond motifs is 1. The molecule has 1 N–H and O–H groups in total. The smallest absolute Gasteiger partial charge is 0.264 e. The summed E-state index contributed by atoms with van der Waals surface area (Å²) in [5.41, 5.74) is 0.780. The molecule has 0 fully saturated rings. The summed E-state index contributed by atoms with van der Waals surface area (Å²) in [6, 6.07) is 24.1. The zero-order valence-electron chi connectivity index (χ0n) is 16.6. The van der Waals surface area contributed by atoms with Gasteiger partial charge in [0.1, 0.15) is 0 Å². The summed E-state index contributed by atoms with van der Waals surface area (Å²) in [5.74, 6) is -1.65. The number of rotatable bonds is 6. The van der Waals surface area contributed by atoms with Crippen molar-refractivity contribution < 1.29 is 14.7 Å². The maximum atomic E-state index is 13.5. The van der Waals surface area contributed by atoms with Crippen LogP contribution in [0.15, 0.2) is 83.3 Å². The summed E-state index contributed by atoms with van der Waals surface area (Å²) in [6.07, 6.45) is 0.652. The van der Waals surface area contributed by atoms with Crippen molar-refractivity contribution in [3.05, 3.63) is 100 Å². The van der Waals surface area contributed by atoms with E-state index >= 15 is 0 Å². The van der Waals surface area contributed by atoms with Crippen LogP contribution in [0.4, 0.5) is 5.69 Å². The van der Waals surface area contributed by atoms with Crippen molar-refractivity contribution in [2.45, 2.75) is 18.9 Å². The van der Waals surface area contributed by atoms with Gasteiger partial charge in [-0.25, -0.2) is 0 Å². The number of Topliss-reactive ketones (excluding diaryl/α,β-unsaturated/α-hetero) is 1. The molecular formula is C25H22BrNO3. The Morgan fingerprint density at radius 2 is 1.67 bits per heavy atom. The molecule has 0 saturated carbocycles. The quantitative estimate of drug-likeness (QED) is 0.536. The molecule has 0 saturated heterocycles. The van der Waals surface area contributed by atoms with Gasteiger partial charge in [0.25, 0.3) is 5.91 Å². The van der Waals surface area contributed by atoms with Crippen LogP contribution in [-0.4, -0.2) is 23.3 Å². The molecule has 0 unspecified atom stereocenters. The number of ketones is 1. The fraction of sp³-hybridized carbons (Fsp3) is 0.200. The van der Waals surface area contributed by atoms with Crippen LogP contribution in [0.2, 0.25) is 0 Å². The van der Waals surface area contributed by atoms with E-state index in [1.165, 1.54) is 0 Å². The van der Waals surface area contributed by atoms with E-state index in [0.29, 0.717) is 29.8 Å². The average molecular weight is 464 g/mol. The Morgan fingerprint density at radius 1 is 1.03 bits per heavy atom. The lowest BCUT2D eigenvalue weighted by Gasteiger charge is -2.28. The van der Waals surface area contributed by atoms with Crippen molar-refractivity contribution >= 4 is 33.3 Å². The van der Waals surface area contributed by atoms with Gasteiger partial charge < -0.3 is 10.0 Å². The van der Waals surface area contributed by atoms with Crippen LogP contribution in [0.25, 0.3) is 0 Å². The third-order valence-electron chi connectivity index (χ3n) is 5.78. The predicted octanol–water partition coefficient (Wildman–Crippen LogP) is 4.75. The molecule has 0 aromatic heterocycles. The van der Waals surface area contributed by atoms with Gasteiger partial charge in [-0.05, 0) is 30.2 Å². The Labute approximate surface area is 184 Å². The number of hydrogen-bond donors (Lipinski definition) is 1. The van der Waals surface area contributed by atoms with E-state index in [4.69, 9.17) is 0 Å². The van der Waals surface area contributed by atoms with Gasteiger partial charge in [0.2, 0.25) is 0 Å². The van der Waals surface area contributed by atoms with E-state index in [9.17, 15) is 14.7 Å². The van der Waals surface area contributed by atoms with Gasteiger partial charge in [0.15, 0.2) is 11.4 Å². The topological polar surface area (TPSA) is 57.6 Å². The summed E-state index contributed by atoms with van der Waals surface area (Å²) in [5, 5.41) is 11.7. The molecule has 0 aliphatic carbocycles. The lowest BCUT2D eigenvalue weighted by Crippen LogP contribution is -2.47. The monoisotopic (exact) mass is 463 g/mol. The van der Waals surface area contributed by atoms with E-state index in [0.717, 1.165) is 10.0 Å². The number of halogens is 1. The molecule has 152 valence electrons. The Kier molecular flexibility index (Phi) is 5.58. The zero-order valence-corrected chi connectivity index (χ0v) is 18.2. The summed E-state index contributed by atoms with van der Waals surface area (Å²) in [7, 11) is 0.